The third kappa shape index (κ3) is 3.27. The zero-order valence-corrected chi connectivity index (χ0v) is 15.4. The minimum absolute atomic E-state index is 0.216. The molecule has 0 spiro atoms. The Bertz CT molecular complexity index is 1110. The van der Waals surface area contributed by atoms with Gasteiger partial charge in [0.1, 0.15) is 5.69 Å². The molecule has 0 aliphatic heterocycles. The average molecular weight is 375 g/mol. The van der Waals surface area contributed by atoms with E-state index in [1.54, 1.807) is 18.5 Å². The van der Waals surface area contributed by atoms with Crippen molar-refractivity contribution in [3.8, 4) is 0 Å². The summed E-state index contributed by atoms with van der Waals surface area (Å²) in [6.07, 6.45) is 1.66. The van der Waals surface area contributed by atoms with Crippen molar-refractivity contribution in [1.82, 2.24) is 9.38 Å². The van der Waals surface area contributed by atoms with E-state index in [1.807, 2.05) is 60.7 Å². The molecule has 2 heterocycles. The van der Waals surface area contributed by atoms with Crippen LogP contribution in [0.15, 0.2) is 77.0 Å². The predicted molar refractivity (Wildman–Crippen MR) is 107 cm³/mol. The molecule has 0 atom stereocenters. The molecule has 27 heavy (non-hydrogen) atoms. The molecule has 0 aliphatic rings. The molecule has 2 aromatic heterocycles. The number of nitrogens with zero attached hydrogens (tertiary/aromatic N) is 2. The Kier molecular flexibility index (Phi) is 4.56. The van der Waals surface area contributed by atoms with Gasteiger partial charge in [0.2, 0.25) is 5.91 Å². The smallest absolute Gasteiger partial charge is 0.282 e. The molecule has 5 nitrogen and oxygen atoms in total. The van der Waals surface area contributed by atoms with E-state index < -0.39 is 5.92 Å². The fourth-order valence-electron chi connectivity index (χ4n) is 3.11. The number of anilines is 1. The summed E-state index contributed by atoms with van der Waals surface area (Å²) in [5, 5.41) is 4.62. The van der Waals surface area contributed by atoms with Crippen molar-refractivity contribution in [2.75, 3.05) is 5.32 Å². The molecule has 0 fully saturated rings. The van der Waals surface area contributed by atoms with Gasteiger partial charge in [-0.15, -0.1) is 11.3 Å². The van der Waals surface area contributed by atoms with Gasteiger partial charge in [-0.25, -0.2) is 4.98 Å². The summed E-state index contributed by atoms with van der Waals surface area (Å²) in [7, 11) is 0. The number of carbonyl (C=O) groups excluding carboxylic acids is 1. The fraction of sp³-hybridized carbons (Fsp3) is 0.0952. The van der Waals surface area contributed by atoms with Gasteiger partial charge in [-0.3, -0.25) is 14.0 Å². The average Bonchev–Trinajstić information content (AvgIpc) is 3.15. The summed E-state index contributed by atoms with van der Waals surface area (Å²) in [6, 6.07) is 19.1. The highest BCUT2D eigenvalue weighted by Gasteiger charge is 2.24. The highest BCUT2D eigenvalue weighted by molar-refractivity contribution is 7.15. The van der Waals surface area contributed by atoms with Crippen molar-refractivity contribution in [2.45, 2.75) is 12.8 Å². The van der Waals surface area contributed by atoms with E-state index in [0.717, 1.165) is 11.1 Å². The summed E-state index contributed by atoms with van der Waals surface area (Å²) in [5.41, 5.74) is 2.18. The van der Waals surface area contributed by atoms with Gasteiger partial charge in [0.05, 0.1) is 11.6 Å². The van der Waals surface area contributed by atoms with E-state index in [0.29, 0.717) is 10.7 Å². The van der Waals surface area contributed by atoms with E-state index >= 15 is 0 Å². The van der Waals surface area contributed by atoms with Gasteiger partial charge in [0.15, 0.2) is 4.96 Å². The molecule has 134 valence electrons. The Morgan fingerprint density at radius 1 is 1.04 bits per heavy atom. The summed E-state index contributed by atoms with van der Waals surface area (Å²) in [5.74, 6) is -0.779. The first-order valence-electron chi connectivity index (χ1n) is 8.52. The zero-order valence-electron chi connectivity index (χ0n) is 14.6. The van der Waals surface area contributed by atoms with Crippen LogP contribution in [0.25, 0.3) is 4.96 Å². The first kappa shape index (κ1) is 17.2. The number of hydrogen-bond donors (Lipinski definition) is 1. The van der Waals surface area contributed by atoms with Crippen molar-refractivity contribution in [2.24, 2.45) is 0 Å². The number of hydrogen-bond acceptors (Lipinski definition) is 4. The van der Waals surface area contributed by atoms with Gasteiger partial charge in [-0.2, -0.15) is 0 Å². The number of fused-ring (bicyclic) bond motifs is 1. The Labute approximate surface area is 160 Å². The Hall–Kier alpha value is -3.25. The van der Waals surface area contributed by atoms with E-state index in [2.05, 4.69) is 10.3 Å². The molecule has 2 aromatic carbocycles. The molecule has 0 aliphatic carbocycles. The number of benzene rings is 2. The molecule has 4 rings (SSSR count). The number of aromatic nitrogens is 2. The van der Waals surface area contributed by atoms with Crippen LogP contribution in [0.4, 0.5) is 5.69 Å². The molecular weight excluding hydrogens is 358 g/mol. The van der Waals surface area contributed by atoms with Crippen LogP contribution in [0.2, 0.25) is 0 Å². The lowest BCUT2D eigenvalue weighted by atomic mass is 9.90. The lowest BCUT2D eigenvalue weighted by molar-refractivity contribution is -0.116. The van der Waals surface area contributed by atoms with Crippen LogP contribution in [0.5, 0.6) is 0 Å². The van der Waals surface area contributed by atoms with Crippen LogP contribution in [0, 0.1) is 6.92 Å². The molecule has 4 aromatic rings. The maximum Gasteiger partial charge on any atom is 0.282 e. The molecule has 0 unspecified atom stereocenters. The SMILES string of the molecule is Cc1nc2sccn2c(=O)c1NC(=O)C(c1ccccc1)c1ccccc1. The second-order valence-electron chi connectivity index (χ2n) is 6.18. The number of carbonyl (C=O) groups is 1. The first-order chi connectivity index (χ1) is 13.1. The van der Waals surface area contributed by atoms with Crippen LogP contribution in [-0.2, 0) is 4.79 Å². The first-order valence-corrected chi connectivity index (χ1v) is 9.40. The third-order valence-corrected chi connectivity index (χ3v) is 5.18. The van der Waals surface area contributed by atoms with E-state index in [9.17, 15) is 9.59 Å². The molecule has 0 saturated carbocycles. The highest BCUT2D eigenvalue weighted by atomic mass is 32.1. The standard InChI is InChI=1S/C21H17N3O2S/c1-14-18(20(26)24-12-13-27-21(24)22-14)23-19(25)17(15-8-4-2-5-9-15)16-10-6-3-7-11-16/h2-13,17H,1H3,(H,23,25). The molecule has 0 radical (unpaired) electrons. The van der Waals surface area contributed by atoms with E-state index in [-0.39, 0.29) is 17.2 Å². The Morgan fingerprint density at radius 2 is 1.63 bits per heavy atom. The maximum absolute atomic E-state index is 13.2. The molecule has 0 saturated heterocycles. The zero-order chi connectivity index (χ0) is 18.8. The molecule has 1 amide bonds. The molecule has 6 heteroatoms. The number of aryl methyl sites for hydroxylation is 1. The quantitative estimate of drug-likeness (QED) is 0.589. The second kappa shape index (κ2) is 7.17. The summed E-state index contributed by atoms with van der Waals surface area (Å²) >= 11 is 1.38. The van der Waals surface area contributed by atoms with Crippen molar-refractivity contribution < 1.29 is 4.79 Å². The van der Waals surface area contributed by atoms with Gasteiger partial charge in [-0.05, 0) is 18.1 Å². The van der Waals surface area contributed by atoms with Gasteiger partial charge in [-0.1, -0.05) is 60.7 Å². The largest absolute Gasteiger partial charge is 0.319 e. The van der Waals surface area contributed by atoms with E-state index in [4.69, 9.17) is 0 Å². The molecular formula is C21H17N3O2S. The van der Waals surface area contributed by atoms with Crippen LogP contribution >= 0.6 is 11.3 Å². The van der Waals surface area contributed by atoms with Gasteiger partial charge < -0.3 is 5.32 Å². The summed E-state index contributed by atoms with van der Waals surface area (Å²) < 4.78 is 1.45. The molecule has 0 bridgehead atoms. The summed E-state index contributed by atoms with van der Waals surface area (Å²) in [4.78, 5) is 31.0. The highest BCUT2D eigenvalue weighted by Crippen LogP contribution is 2.26. The fourth-order valence-corrected chi connectivity index (χ4v) is 3.86. The minimum atomic E-state index is -0.519. The number of amides is 1. The molecule has 1 N–H and O–H groups in total. The summed E-state index contributed by atoms with van der Waals surface area (Å²) in [6.45, 7) is 1.73. The lowest BCUT2D eigenvalue weighted by Gasteiger charge is -2.18. The Morgan fingerprint density at radius 3 is 2.22 bits per heavy atom. The van der Waals surface area contributed by atoms with Crippen molar-refractivity contribution in [3.05, 3.63) is 99.4 Å². The third-order valence-electron chi connectivity index (χ3n) is 4.42. The maximum atomic E-state index is 13.2. The van der Waals surface area contributed by atoms with Crippen LogP contribution in [0.3, 0.4) is 0 Å². The topological polar surface area (TPSA) is 63.5 Å². The predicted octanol–water partition coefficient (Wildman–Crippen LogP) is 3.84. The number of rotatable bonds is 4. The van der Waals surface area contributed by atoms with Crippen molar-refractivity contribution in [1.29, 1.82) is 0 Å². The van der Waals surface area contributed by atoms with Crippen molar-refractivity contribution >= 4 is 27.9 Å². The van der Waals surface area contributed by atoms with Gasteiger partial charge in [0.25, 0.3) is 5.56 Å². The van der Waals surface area contributed by atoms with Gasteiger partial charge >= 0.3 is 0 Å². The van der Waals surface area contributed by atoms with Crippen molar-refractivity contribution in [3.63, 3.8) is 0 Å². The lowest BCUT2D eigenvalue weighted by Crippen LogP contribution is -2.28. The van der Waals surface area contributed by atoms with Crippen LogP contribution in [0.1, 0.15) is 22.7 Å². The van der Waals surface area contributed by atoms with E-state index in [1.165, 1.54) is 15.7 Å². The monoisotopic (exact) mass is 375 g/mol. The number of nitrogens with one attached hydrogen (secondary N) is 1. The number of thiazole rings is 1. The Balaban J connectivity index is 1.76. The second-order valence-corrected chi connectivity index (χ2v) is 7.05. The van der Waals surface area contributed by atoms with Crippen LogP contribution < -0.4 is 10.9 Å². The van der Waals surface area contributed by atoms with Gasteiger partial charge in [0, 0.05) is 11.6 Å². The normalized spacial score (nSPS) is 11.0. The van der Waals surface area contributed by atoms with Crippen LogP contribution in [-0.4, -0.2) is 15.3 Å². The minimum Gasteiger partial charge on any atom is -0.319 e.